The van der Waals surface area contributed by atoms with Gasteiger partial charge in [-0.2, -0.15) is 0 Å². The summed E-state index contributed by atoms with van der Waals surface area (Å²) in [6.07, 6.45) is 2.74. The van der Waals surface area contributed by atoms with Gasteiger partial charge < -0.3 is 14.5 Å². The normalized spacial score (nSPS) is 16.6. The molecule has 1 saturated carbocycles. The Balaban J connectivity index is 1.97. The van der Waals surface area contributed by atoms with Crippen LogP contribution in [0.4, 0.5) is 0 Å². The molecule has 0 radical (unpaired) electrons. The molecule has 1 aromatic rings. The molecule has 0 spiro atoms. The van der Waals surface area contributed by atoms with Crippen molar-refractivity contribution in [1.29, 1.82) is 0 Å². The van der Waals surface area contributed by atoms with Crippen molar-refractivity contribution in [3.05, 3.63) is 23.2 Å². The highest BCUT2D eigenvalue weighted by molar-refractivity contribution is 5.20. The lowest BCUT2D eigenvalue weighted by Gasteiger charge is -2.28. The Morgan fingerprint density at radius 2 is 2.24 bits per heavy atom. The minimum Gasteiger partial charge on any atom is -0.465 e. The molecule has 0 saturated heterocycles. The molecule has 0 aliphatic heterocycles. The first-order valence-electron chi connectivity index (χ1n) is 8.17. The molecule has 21 heavy (non-hydrogen) atoms. The number of hydrogen-bond donors (Lipinski definition) is 1. The SMILES string of the molecule is CCNCc1cc(CN(CCOC)C(C)C2CC2)oc1C. The Hall–Kier alpha value is -0.840. The number of methoxy groups -OCH3 is 1. The van der Waals surface area contributed by atoms with Gasteiger partial charge in [0, 0.05) is 31.8 Å². The van der Waals surface area contributed by atoms with Gasteiger partial charge in [-0.05, 0) is 45.2 Å². The molecule has 1 N–H and O–H groups in total. The van der Waals surface area contributed by atoms with Gasteiger partial charge >= 0.3 is 0 Å². The predicted octanol–water partition coefficient (Wildman–Crippen LogP) is 2.94. The van der Waals surface area contributed by atoms with E-state index in [-0.39, 0.29) is 0 Å². The van der Waals surface area contributed by atoms with E-state index in [0.29, 0.717) is 6.04 Å². The molecule has 1 aliphatic rings. The zero-order valence-electron chi connectivity index (χ0n) is 13.9. The van der Waals surface area contributed by atoms with Gasteiger partial charge in [0.25, 0.3) is 0 Å². The number of nitrogens with one attached hydrogen (secondary N) is 1. The van der Waals surface area contributed by atoms with Gasteiger partial charge in [0.2, 0.25) is 0 Å². The third-order valence-electron chi connectivity index (χ3n) is 4.46. The maximum atomic E-state index is 5.95. The average Bonchev–Trinajstić information content (AvgIpc) is 3.26. The molecule has 1 atom stereocenters. The summed E-state index contributed by atoms with van der Waals surface area (Å²) in [6.45, 7) is 11.0. The summed E-state index contributed by atoms with van der Waals surface area (Å²) in [4.78, 5) is 2.50. The lowest BCUT2D eigenvalue weighted by atomic mass is 10.1. The van der Waals surface area contributed by atoms with Crippen molar-refractivity contribution in [1.82, 2.24) is 10.2 Å². The van der Waals surface area contributed by atoms with E-state index in [9.17, 15) is 0 Å². The Kier molecular flexibility index (Phi) is 6.27. The second-order valence-corrected chi connectivity index (χ2v) is 6.12. The third kappa shape index (κ3) is 4.83. The first-order valence-corrected chi connectivity index (χ1v) is 8.17. The van der Waals surface area contributed by atoms with Crippen LogP contribution in [0.1, 0.15) is 43.8 Å². The second-order valence-electron chi connectivity index (χ2n) is 6.12. The van der Waals surface area contributed by atoms with Gasteiger partial charge in [-0.25, -0.2) is 0 Å². The van der Waals surface area contributed by atoms with E-state index in [1.54, 1.807) is 7.11 Å². The van der Waals surface area contributed by atoms with Crippen LogP contribution in [-0.2, 0) is 17.8 Å². The van der Waals surface area contributed by atoms with Crippen LogP contribution in [0.3, 0.4) is 0 Å². The van der Waals surface area contributed by atoms with Crippen LogP contribution in [0.15, 0.2) is 10.5 Å². The Morgan fingerprint density at radius 3 is 2.86 bits per heavy atom. The van der Waals surface area contributed by atoms with E-state index < -0.39 is 0 Å². The fourth-order valence-electron chi connectivity index (χ4n) is 2.81. The molecule has 1 unspecified atom stereocenters. The number of nitrogens with zero attached hydrogens (tertiary/aromatic N) is 1. The quantitative estimate of drug-likeness (QED) is 0.720. The second kappa shape index (κ2) is 7.97. The summed E-state index contributed by atoms with van der Waals surface area (Å²) in [7, 11) is 1.77. The maximum Gasteiger partial charge on any atom is 0.118 e. The lowest BCUT2D eigenvalue weighted by Crippen LogP contribution is -2.36. The first kappa shape index (κ1) is 16.5. The number of aryl methyl sites for hydroxylation is 1. The highest BCUT2D eigenvalue weighted by Gasteiger charge is 2.32. The van der Waals surface area contributed by atoms with E-state index in [1.165, 1.54) is 18.4 Å². The van der Waals surface area contributed by atoms with E-state index in [2.05, 4.69) is 37.1 Å². The number of furan rings is 1. The van der Waals surface area contributed by atoms with Gasteiger partial charge in [-0.1, -0.05) is 6.92 Å². The molecule has 0 bridgehead atoms. The van der Waals surface area contributed by atoms with Crippen molar-refractivity contribution in [2.75, 3.05) is 26.8 Å². The first-order chi connectivity index (χ1) is 10.2. The monoisotopic (exact) mass is 294 g/mol. The molecular weight excluding hydrogens is 264 g/mol. The highest BCUT2D eigenvalue weighted by Crippen LogP contribution is 2.35. The molecule has 0 aromatic carbocycles. The fraction of sp³-hybridized carbons (Fsp3) is 0.765. The summed E-state index contributed by atoms with van der Waals surface area (Å²) >= 11 is 0. The van der Waals surface area contributed by atoms with Crippen LogP contribution in [0, 0.1) is 12.8 Å². The molecule has 4 nitrogen and oxygen atoms in total. The van der Waals surface area contributed by atoms with Gasteiger partial charge in [0.15, 0.2) is 0 Å². The molecule has 1 aromatic heterocycles. The molecular formula is C17H30N2O2. The van der Waals surface area contributed by atoms with E-state index in [1.807, 2.05) is 0 Å². The Morgan fingerprint density at radius 1 is 1.48 bits per heavy atom. The molecule has 1 aliphatic carbocycles. The van der Waals surface area contributed by atoms with Crippen molar-refractivity contribution in [3.8, 4) is 0 Å². The molecule has 2 rings (SSSR count). The van der Waals surface area contributed by atoms with Gasteiger partial charge in [0.1, 0.15) is 11.5 Å². The molecule has 120 valence electrons. The van der Waals surface area contributed by atoms with Crippen LogP contribution in [0.25, 0.3) is 0 Å². The van der Waals surface area contributed by atoms with Crippen LogP contribution >= 0.6 is 0 Å². The van der Waals surface area contributed by atoms with E-state index in [4.69, 9.17) is 9.15 Å². The van der Waals surface area contributed by atoms with Crippen molar-refractivity contribution in [3.63, 3.8) is 0 Å². The van der Waals surface area contributed by atoms with Gasteiger partial charge in [-0.3, -0.25) is 4.90 Å². The van der Waals surface area contributed by atoms with Crippen LogP contribution in [0.2, 0.25) is 0 Å². The minimum atomic E-state index is 0.614. The molecule has 0 amide bonds. The van der Waals surface area contributed by atoms with Crippen molar-refractivity contribution in [2.24, 2.45) is 5.92 Å². The molecule has 1 heterocycles. The summed E-state index contributed by atoms with van der Waals surface area (Å²) in [5, 5.41) is 3.36. The van der Waals surface area contributed by atoms with E-state index in [0.717, 1.165) is 50.2 Å². The minimum absolute atomic E-state index is 0.614. The van der Waals surface area contributed by atoms with Crippen molar-refractivity contribution in [2.45, 2.75) is 52.7 Å². The number of hydrogen-bond acceptors (Lipinski definition) is 4. The van der Waals surface area contributed by atoms with Crippen LogP contribution in [0.5, 0.6) is 0 Å². The average molecular weight is 294 g/mol. The largest absolute Gasteiger partial charge is 0.465 e. The topological polar surface area (TPSA) is 37.6 Å². The summed E-state index contributed by atoms with van der Waals surface area (Å²) in [5.41, 5.74) is 1.28. The fourth-order valence-corrected chi connectivity index (χ4v) is 2.81. The van der Waals surface area contributed by atoms with Gasteiger partial charge in [0.05, 0.1) is 13.2 Å². The highest BCUT2D eigenvalue weighted by atomic mass is 16.5. The van der Waals surface area contributed by atoms with Crippen molar-refractivity contribution >= 4 is 0 Å². The Bertz CT molecular complexity index is 426. The summed E-state index contributed by atoms with van der Waals surface area (Å²) < 4.78 is 11.2. The zero-order valence-corrected chi connectivity index (χ0v) is 13.9. The Labute approximate surface area is 128 Å². The number of rotatable bonds is 10. The summed E-state index contributed by atoms with van der Waals surface area (Å²) in [6, 6.07) is 2.82. The molecule has 1 fully saturated rings. The predicted molar refractivity (Wildman–Crippen MR) is 85.3 cm³/mol. The zero-order chi connectivity index (χ0) is 15.2. The van der Waals surface area contributed by atoms with Crippen LogP contribution < -0.4 is 5.32 Å². The van der Waals surface area contributed by atoms with E-state index >= 15 is 0 Å². The van der Waals surface area contributed by atoms with Crippen molar-refractivity contribution < 1.29 is 9.15 Å². The van der Waals surface area contributed by atoms with Gasteiger partial charge in [-0.15, -0.1) is 0 Å². The standard InChI is InChI=1S/C17H30N2O2/c1-5-18-11-16-10-17(21-14(16)3)12-19(8-9-20-4)13(2)15-6-7-15/h10,13,15,18H,5-9,11-12H2,1-4H3. The number of ether oxygens (including phenoxy) is 1. The lowest BCUT2D eigenvalue weighted by molar-refractivity contribution is 0.105. The summed E-state index contributed by atoms with van der Waals surface area (Å²) in [5.74, 6) is 2.97. The smallest absolute Gasteiger partial charge is 0.118 e. The molecule has 4 heteroatoms. The van der Waals surface area contributed by atoms with Crippen LogP contribution in [-0.4, -0.2) is 37.7 Å². The third-order valence-corrected chi connectivity index (χ3v) is 4.46. The maximum absolute atomic E-state index is 5.95.